The maximum absolute atomic E-state index is 13.2. The van der Waals surface area contributed by atoms with Crippen molar-refractivity contribution >= 4 is 16.8 Å². The number of carbonyl (C=O) groups excluding carboxylic acids is 1. The van der Waals surface area contributed by atoms with Crippen molar-refractivity contribution in [3.8, 4) is 5.69 Å². The van der Waals surface area contributed by atoms with E-state index in [1.165, 1.54) is 23.9 Å². The molecule has 0 radical (unpaired) electrons. The fraction of sp³-hybridized carbons (Fsp3) is 0.143. The van der Waals surface area contributed by atoms with Crippen LogP contribution < -0.4 is 11.1 Å². The maximum atomic E-state index is 13.2. The van der Waals surface area contributed by atoms with Gasteiger partial charge in [-0.2, -0.15) is 5.10 Å². The smallest absolute Gasteiger partial charge is 0.254 e. The van der Waals surface area contributed by atoms with Crippen LogP contribution >= 0.6 is 0 Å². The number of amides is 1. The van der Waals surface area contributed by atoms with Crippen LogP contribution in [0.3, 0.4) is 0 Å². The molecule has 0 aliphatic rings. The molecule has 0 fully saturated rings. The van der Waals surface area contributed by atoms with E-state index in [9.17, 15) is 9.18 Å². The minimum absolute atomic E-state index is 0.149. The van der Waals surface area contributed by atoms with Crippen LogP contribution in [0.5, 0.6) is 0 Å². The lowest BCUT2D eigenvalue weighted by Gasteiger charge is -2.17. The van der Waals surface area contributed by atoms with Gasteiger partial charge in [-0.15, -0.1) is 0 Å². The molecule has 0 saturated heterocycles. The second kappa shape index (κ2) is 11.8. The van der Waals surface area contributed by atoms with Gasteiger partial charge in [-0.1, -0.05) is 43.3 Å². The first-order valence-electron chi connectivity index (χ1n) is 11.6. The second-order valence-corrected chi connectivity index (χ2v) is 8.06. The van der Waals surface area contributed by atoms with Crippen molar-refractivity contribution in [2.24, 2.45) is 5.73 Å². The minimum Gasteiger partial charge on any atom is -0.345 e. The average Bonchev–Trinajstić information content (AvgIpc) is 3.37. The monoisotopic (exact) mass is 482 g/mol. The summed E-state index contributed by atoms with van der Waals surface area (Å²) in [5, 5.41) is 8.08. The molecule has 0 unspecified atom stereocenters. The summed E-state index contributed by atoms with van der Waals surface area (Å²) < 4.78 is 14.8. The van der Waals surface area contributed by atoms with Gasteiger partial charge in [0.1, 0.15) is 5.82 Å². The molecule has 0 saturated carbocycles. The molecule has 7 nitrogen and oxygen atoms in total. The Balaban J connectivity index is 0.000000325. The van der Waals surface area contributed by atoms with Crippen molar-refractivity contribution in [2.75, 3.05) is 0 Å². The van der Waals surface area contributed by atoms with Gasteiger partial charge < -0.3 is 11.1 Å². The number of pyridine rings is 2. The lowest BCUT2D eigenvalue weighted by atomic mass is 10.1. The third kappa shape index (κ3) is 5.79. The van der Waals surface area contributed by atoms with Crippen LogP contribution in [-0.2, 0) is 6.54 Å². The van der Waals surface area contributed by atoms with Crippen LogP contribution in [0.15, 0.2) is 97.7 Å². The molecule has 0 bridgehead atoms. The lowest BCUT2D eigenvalue weighted by molar-refractivity contribution is 0.0937. The normalized spacial score (nSPS) is 11.4. The van der Waals surface area contributed by atoms with E-state index < -0.39 is 0 Å². The number of nitrogens with one attached hydrogen (secondary N) is 1. The minimum atomic E-state index is -0.320. The molecule has 3 heterocycles. The Morgan fingerprint density at radius 3 is 2.39 bits per heavy atom. The van der Waals surface area contributed by atoms with Crippen molar-refractivity contribution < 1.29 is 9.18 Å². The van der Waals surface area contributed by atoms with Gasteiger partial charge in [0.15, 0.2) is 0 Å². The molecule has 1 amide bonds. The summed E-state index contributed by atoms with van der Waals surface area (Å²) in [6.45, 7) is 2.64. The first-order valence-corrected chi connectivity index (χ1v) is 11.6. The van der Waals surface area contributed by atoms with Crippen LogP contribution in [0.1, 0.15) is 40.9 Å². The Hall–Kier alpha value is -4.43. The summed E-state index contributed by atoms with van der Waals surface area (Å²) in [5.41, 5.74) is 9.29. The van der Waals surface area contributed by atoms with Crippen LogP contribution in [0.4, 0.5) is 4.39 Å². The molecular formula is C28H27FN6O. The van der Waals surface area contributed by atoms with Crippen LogP contribution in [-0.4, -0.2) is 25.7 Å². The summed E-state index contributed by atoms with van der Waals surface area (Å²) in [4.78, 5) is 21.3. The quantitative estimate of drug-likeness (QED) is 0.356. The van der Waals surface area contributed by atoms with E-state index in [1.54, 1.807) is 41.6 Å². The number of nitrogens with two attached hydrogens (primary N) is 1. The highest BCUT2D eigenvalue weighted by molar-refractivity contribution is 6.06. The lowest BCUT2D eigenvalue weighted by Crippen LogP contribution is -2.28. The zero-order valence-electron chi connectivity index (χ0n) is 19.9. The van der Waals surface area contributed by atoms with Crippen molar-refractivity contribution in [3.05, 3.63) is 120 Å². The molecular weight excluding hydrogens is 455 g/mol. The average molecular weight is 483 g/mol. The Morgan fingerprint density at radius 1 is 0.972 bits per heavy atom. The molecule has 1 atom stereocenters. The number of halogens is 1. The highest BCUT2D eigenvalue weighted by Gasteiger charge is 2.18. The third-order valence-corrected chi connectivity index (χ3v) is 5.69. The van der Waals surface area contributed by atoms with Gasteiger partial charge in [-0.25, -0.2) is 9.07 Å². The Bertz CT molecular complexity index is 1400. The number of nitrogens with zero attached hydrogens (tertiary/aromatic N) is 4. The highest BCUT2D eigenvalue weighted by atomic mass is 19.1. The molecule has 5 rings (SSSR count). The molecule has 3 aromatic heterocycles. The van der Waals surface area contributed by atoms with Crippen LogP contribution in [0, 0.1) is 5.82 Å². The van der Waals surface area contributed by atoms with E-state index in [0.29, 0.717) is 28.7 Å². The SMILES string of the molecule is CC[C@H](NC(=O)c1cncc2c1cnn2-c1ccc(F)cc1)c1cccnc1.NCc1ccccc1. The van der Waals surface area contributed by atoms with Gasteiger partial charge in [0.25, 0.3) is 5.91 Å². The van der Waals surface area contributed by atoms with Crippen molar-refractivity contribution in [3.63, 3.8) is 0 Å². The molecule has 5 aromatic rings. The summed E-state index contributed by atoms with van der Waals surface area (Å²) >= 11 is 0. The molecule has 182 valence electrons. The van der Waals surface area contributed by atoms with E-state index in [4.69, 9.17) is 5.73 Å². The van der Waals surface area contributed by atoms with Crippen LogP contribution in [0.25, 0.3) is 16.6 Å². The van der Waals surface area contributed by atoms with Crippen molar-refractivity contribution in [1.82, 2.24) is 25.1 Å². The number of fused-ring (bicyclic) bond motifs is 1. The molecule has 0 aliphatic heterocycles. The number of rotatable bonds is 6. The third-order valence-electron chi connectivity index (χ3n) is 5.69. The molecule has 0 aliphatic carbocycles. The highest BCUT2D eigenvalue weighted by Crippen LogP contribution is 2.22. The summed E-state index contributed by atoms with van der Waals surface area (Å²) in [6.07, 6.45) is 8.98. The van der Waals surface area contributed by atoms with E-state index in [-0.39, 0.29) is 17.8 Å². The van der Waals surface area contributed by atoms with Gasteiger partial charge in [0.2, 0.25) is 0 Å². The maximum Gasteiger partial charge on any atom is 0.254 e. The molecule has 8 heteroatoms. The van der Waals surface area contributed by atoms with E-state index in [2.05, 4.69) is 20.4 Å². The fourth-order valence-electron chi connectivity index (χ4n) is 3.76. The van der Waals surface area contributed by atoms with Crippen LogP contribution in [0.2, 0.25) is 0 Å². The summed E-state index contributed by atoms with van der Waals surface area (Å²) in [5.74, 6) is -0.549. The number of hydrogen-bond donors (Lipinski definition) is 2. The molecule has 0 spiro atoms. The van der Waals surface area contributed by atoms with E-state index >= 15 is 0 Å². The topological polar surface area (TPSA) is 98.7 Å². The van der Waals surface area contributed by atoms with E-state index in [1.807, 2.05) is 49.4 Å². The van der Waals surface area contributed by atoms with Crippen molar-refractivity contribution in [2.45, 2.75) is 25.9 Å². The Labute approximate surface area is 208 Å². The van der Waals surface area contributed by atoms with E-state index in [0.717, 1.165) is 12.0 Å². The summed E-state index contributed by atoms with van der Waals surface area (Å²) in [7, 11) is 0. The summed E-state index contributed by atoms with van der Waals surface area (Å²) in [6, 6.07) is 19.6. The zero-order valence-corrected chi connectivity index (χ0v) is 19.9. The van der Waals surface area contributed by atoms with Gasteiger partial charge in [-0.05, 0) is 47.9 Å². The standard InChI is InChI=1S/C21H18FN5O.C7H9N/c1-2-19(14-4-3-9-23-10-14)26-21(28)18-11-24-13-20-17(18)12-25-27(20)16-7-5-15(22)6-8-16;8-6-7-4-2-1-3-5-7/h3-13,19H,2H2,1H3,(H,26,28);1-5H,6,8H2/t19-;/m0./s1. The predicted molar refractivity (Wildman–Crippen MR) is 138 cm³/mol. The predicted octanol–water partition coefficient (Wildman–Crippen LogP) is 4.98. The number of aromatic nitrogens is 4. The van der Waals surface area contributed by atoms with Gasteiger partial charge in [0, 0.05) is 30.5 Å². The largest absolute Gasteiger partial charge is 0.345 e. The Morgan fingerprint density at radius 2 is 1.75 bits per heavy atom. The number of benzene rings is 2. The number of hydrogen-bond acceptors (Lipinski definition) is 5. The first-order chi connectivity index (χ1) is 17.6. The van der Waals surface area contributed by atoms with Gasteiger partial charge >= 0.3 is 0 Å². The van der Waals surface area contributed by atoms with Gasteiger partial charge in [0.05, 0.1) is 35.2 Å². The van der Waals surface area contributed by atoms with Crippen molar-refractivity contribution in [1.29, 1.82) is 0 Å². The molecule has 3 N–H and O–H groups in total. The molecule has 36 heavy (non-hydrogen) atoms. The molecule has 2 aromatic carbocycles. The second-order valence-electron chi connectivity index (χ2n) is 8.06. The zero-order chi connectivity index (χ0) is 25.3. The number of carbonyl (C=O) groups is 1. The fourth-order valence-corrected chi connectivity index (χ4v) is 3.76. The Kier molecular flexibility index (Phi) is 8.10. The van der Waals surface area contributed by atoms with Gasteiger partial charge in [-0.3, -0.25) is 14.8 Å². The first kappa shape index (κ1) is 24.7.